The van der Waals surface area contributed by atoms with Crippen LogP contribution in [-0.4, -0.2) is 133 Å². The average molecular weight is 1220 g/mol. The second-order valence-electron chi connectivity index (χ2n) is 11.7. The molecule has 6 aliphatic rings. The molecule has 6 N–H and O–H groups in total. The van der Waals surface area contributed by atoms with Crippen molar-refractivity contribution < 1.29 is 132 Å². The SMILES string of the molecule is COC1=CC=CC(=CNC2OC3COC(C)OC3C(O)C2O)C1=O.COC1=CC=CC(=CNC2OC3COC(C)OC3C(O)C2O)C1=O.[O]=[U]=[O].[O]=[U]=[O]. The number of hydrogen-bond donors (Lipinski definition) is 6. The molecule has 0 amide bonds. The van der Waals surface area contributed by atoms with E-state index in [2.05, 4.69) is 10.6 Å². The Balaban J connectivity index is 0.000000254. The van der Waals surface area contributed by atoms with E-state index in [0.717, 1.165) is 0 Å². The van der Waals surface area contributed by atoms with E-state index in [9.17, 15) is 30.0 Å². The number of hydrogen-bond acceptors (Lipinski definition) is 20. The second-order valence-corrected chi connectivity index (χ2v) is 13.1. The summed E-state index contributed by atoms with van der Waals surface area (Å²) in [6, 6.07) is 0. The van der Waals surface area contributed by atoms with Crippen LogP contribution in [0.1, 0.15) is 13.8 Å². The van der Waals surface area contributed by atoms with E-state index in [1.807, 2.05) is 0 Å². The molecule has 22 heteroatoms. The van der Waals surface area contributed by atoms with Crippen LogP contribution in [0.2, 0.25) is 0 Å². The Morgan fingerprint density at radius 3 is 1.33 bits per heavy atom. The van der Waals surface area contributed by atoms with E-state index in [1.165, 1.54) is 26.6 Å². The fraction of sp³-hybridized carbons (Fsp3) is 0.562. The van der Waals surface area contributed by atoms with Gasteiger partial charge in [0.1, 0.15) is 48.8 Å². The van der Waals surface area contributed by atoms with Gasteiger partial charge >= 0.3 is 64.6 Å². The van der Waals surface area contributed by atoms with Crippen molar-refractivity contribution in [2.24, 2.45) is 0 Å². The van der Waals surface area contributed by atoms with E-state index >= 15 is 0 Å². The predicted octanol–water partition coefficient (Wildman–Crippen LogP) is -1.80. The Bertz CT molecular complexity index is 1450. The summed E-state index contributed by atoms with van der Waals surface area (Å²) in [5.41, 5.74) is 0.707. The van der Waals surface area contributed by atoms with Gasteiger partial charge in [0.05, 0.1) is 27.4 Å². The van der Waals surface area contributed by atoms with Crippen LogP contribution < -0.4 is 10.6 Å². The molecule has 4 aliphatic heterocycles. The predicted molar refractivity (Wildman–Crippen MR) is 166 cm³/mol. The normalized spacial score (nSPS) is 36.7. The van der Waals surface area contributed by atoms with E-state index in [4.69, 9.17) is 46.8 Å². The monoisotopic (exact) mass is 1220 g/mol. The van der Waals surface area contributed by atoms with Gasteiger partial charge in [-0.15, -0.1) is 0 Å². The van der Waals surface area contributed by atoms with Crippen molar-refractivity contribution in [3.63, 3.8) is 0 Å². The third-order valence-electron chi connectivity index (χ3n) is 8.32. The first-order valence-electron chi connectivity index (χ1n) is 16.3. The van der Waals surface area contributed by atoms with Crippen LogP contribution in [0.4, 0.5) is 0 Å². The number of ketones is 2. The average Bonchev–Trinajstić information content (AvgIpc) is 3.16. The number of fused-ring (bicyclic) bond motifs is 2. The van der Waals surface area contributed by atoms with E-state index < -0.39 is 130 Å². The first-order chi connectivity index (χ1) is 25.8. The zero-order valence-corrected chi connectivity index (χ0v) is 37.8. The Hall–Kier alpha value is -2.12. The maximum absolute atomic E-state index is 12.1. The molecular weight excluding hydrogens is 1180 g/mol. The minimum atomic E-state index is -2.51. The molecule has 0 saturated carbocycles. The molecule has 0 spiro atoms. The number of Topliss-reactive ketones (excluding diaryl/α,β-unsaturated/α-hetero) is 2. The zero-order chi connectivity index (χ0) is 39.9. The second kappa shape index (κ2) is 23.2. The molecule has 0 aromatic rings. The molecule has 4 fully saturated rings. The topological polar surface area (TPSA) is 281 Å². The molecule has 4 heterocycles. The zero-order valence-electron chi connectivity index (χ0n) is 29.5. The molecule has 296 valence electrons. The quantitative estimate of drug-likeness (QED) is 0.160. The minimum absolute atomic E-state index is 0.221. The van der Waals surface area contributed by atoms with Crippen molar-refractivity contribution in [1.29, 1.82) is 0 Å². The summed E-state index contributed by atoms with van der Waals surface area (Å²) >= 11 is -5.01. The summed E-state index contributed by atoms with van der Waals surface area (Å²) < 4.78 is 77.3. The summed E-state index contributed by atoms with van der Waals surface area (Å²) in [7, 11) is 2.84. The molecule has 12 atom stereocenters. The van der Waals surface area contributed by atoms with Gasteiger partial charge in [-0.2, -0.15) is 0 Å². The summed E-state index contributed by atoms with van der Waals surface area (Å²) in [6.45, 7) is 3.93. The van der Waals surface area contributed by atoms with Crippen LogP contribution >= 0.6 is 0 Å². The van der Waals surface area contributed by atoms with E-state index in [-0.39, 0.29) is 36.3 Å². The van der Waals surface area contributed by atoms with Crippen LogP contribution in [0.25, 0.3) is 0 Å². The number of nitrogens with one attached hydrogen (secondary N) is 2. The van der Waals surface area contributed by atoms with Crippen LogP contribution in [0, 0.1) is 55.6 Å². The standard InChI is InChI=1S/2C16H21NO7.4O.2U/c2*1-8-22-7-11-15(23-8)13(19)14(20)16(24-11)17-6-9-4-3-5-10(21-2)12(9)18;;;;;;/h2*3-6,8,11,13-17,19-20H,7H2,1-2H3;;;;;;. The fourth-order valence-corrected chi connectivity index (χ4v) is 5.70. The molecule has 0 aromatic heterocycles. The van der Waals surface area contributed by atoms with Gasteiger partial charge in [-0.25, -0.2) is 0 Å². The van der Waals surface area contributed by atoms with Gasteiger partial charge in [-0.1, -0.05) is 12.2 Å². The molecule has 2 aliphatic carbocycles. The first-order valence-corrected chi connectivity index (χ1v) is 23.1. The van der Waals surface area contributed by atoms with Crippen molar-refractivity contribution >= 4 is 11.6 Å². The van der Waals surface area contributed by atoms with Crippen LogP contribution in [0.3, 0.4) is 0 Å². The van der Waals surface area contributed by atoms with Gasteiger partial charge < -0.3 is 69.0 Å². The van der Waals surface area contributed by atoms with Crippen molar-refractivity contribution in [1.82, 2.24) is 10.6 Å². The Kier molecular flexibility index (Phi) is 19.9. The summed E-state index contributed by atoms with van der Waals surface area (Å²) in [5.74, 6) is -0.124. The fourth-order valence-electron chi connectivity index (χ4n) is 5.70. The Morgan fingerprint density at radius 1 is 0.648 bits per heavy atom. The van der Waals surface area contributed by atoms with Gasteiger partial charge in [-0.05, 0) is 38.2 Å². The number of carbonyl (C=O) groups excluding carboxylic acids is 2. The number of carbonyl (C=O) groups is 2. The first kappa shape index (κ1) is 46.3. The van der Waals surface area contributed by atoms with Crippen molar-refractivity contribution in [3.8, 4) is 0 Å². The van der Waals surface area contributed by atoms with Crippen molar-refractivity contribution in [3.05, 3.63) is 71.5 Å². The van der Waals surface area contributed by atoms with Crippen molar-refractivity contribution in [2.45, 2.75) is 87.7 Å². The number of methoxy groups -OCH3 is 2. The Labute approximate surface area is 339 Å². The number of rotatable bonds is 6. The van der Waals surface area contributed by atoms with E-state index in [0.29, 0.717) is 11.1 Å². The maximum atomic E-state index is 12.1. The van der Waals surface area contributed by atoms with Crippen LogP contribution in [0.15, 0.2) is 71.5 Å². The van der Waals surface area contributed by atoms with Gasteiger partial charge in [0, 0.05) is 23.5 Å². The van der Waals surface area contributed by atoms with Gasteiger partial charge in [0.25, 0.3) is 0 Å². The van der Waals surface area contributed by atoms with Gasteiger partial charge in [-0.3, -0.25) is 9.59 Å². The van der Waals surface area contributed by atoms with Gasteiger partial charge in [0.15, 0.2) is 36.6 Å². The molecule has 54 heavy (non-hydrogen) atoms. The molecule has 0 bridgehead atoms. The third-order valence-corrected chi connectivity index (χ3v) is 8.32. The third kappa shape index (κ3) is 12.4. The van der Waals surface area contributed by atoms with Crippen LogP contribution in [-0.2, 0) is 56.4 Å². The summed E-state index contributed by atoms with van der Waals surface area (Å²) in [4.78, 5) is 24.2. The van der Waals surface area contributed by atoms with Crippen molar-refractivity contribution in [2.75, 3.05) is 27.4 Å². The van der Waals surface area contributed by atoms with Crippen LogP contribution in [0.5, 0.6) is 0 Å². The number of allylic oxidation sites excluding steroid dienone is 8. The molecule has 0 radical (unpaired) electrons. The Morgan fingerprint density at radius 2 is 1.00 bits per heavy atom. The van der Waals surface area contributed by atoms with Gasteiger partial charge in [0.2, 0.25) is 11.6 Å². The number of aliphatic hydroxyl groups is 4. The summed E-state index contributed by atoms with van der Waals surface area (Å²) in [6.07, 6.45) is 2.84. The molecule has 12 unspecified atom stereocenters. The molecule has 20 nitrogen and oxygen atoms in total. The molecule has 6 rings (SSSR count). The number of ether oxygens (including phenoxy) is 8. The van der Waals surface area contributed by atoms with E-state index in [1.54, 1.807) is 50.3 Å². The molecule has 0 aromatic carbocycles. The molecule has 4 saturated heterocycles. The summed E-state index contributed by atoms with van der Waals surface area (Å²) in [5, 5.41) is 46.6. The molecular formula is C32H42N2O18U2. The number of aliphatic hydroxyl groups excluding tert-OH is 4.